The predicted octanol–water partition coefficient (Wildman–Crippen LogP) is 3.28. The first-order chi connectivity index (χ1) is 9.64. The highest BCUT2D eigenvalue weighted by Gasteiger charge is 2.33. The average Bonchev–Trinajstić information content (AvgIpc) is 2.51. The molecule has 1 aromatic carbocycles. The fourth-order valence-corrected chi connectivity index (χ4v) is 2.55. The second-order valence-corrected chi connectivity index (χ2v) is 4.76. The van der Waals surface area contributed by atoms with Crippen LogP contribution >= 0.6 is 0 Å². The van der Waals surface area contributed by atoms with E-state index in [4.69, 9.17) is 5.11 Å². The number of benzene rings is 1. The maximum atomic E-state index is 10.9. The van der Waals surface area contributed by atoms with Gasteiger partial charge in [0, 0.05) is 12.4 Å². The largest absolute Gasteiger partial charge is 0.478 e. The van der Waals surface area contributed by atoms with E-state index >= 15 is 0 Å². The molecule has 2 rings (SSSR count). The normalized spacial score (nSPS) is 11.3. The molecule has 0 aliphatic rings. The Kier molecular flexibility index (Phi) is 4.13. The molecule has 20 heavy (non-hydrogen) atoms. The zero-order valence-corrected chi connectivity index (χ0v) is 11.7. The Labute approximate surface area is 118 Å². The van der Waals surface area contributed by atoms with Gasteiger partial charge in [0.1, 0.15) is 5.82 Å². The van der Waals surface area contributed by atoms with Crippen LogP contribution in [0.4, 0.5) is 0 Å². The molecule has 0 aliphatic carbocycles. The Hall–Kier alpha value is -2.23. The smallest absolute Gasteiger partial charge is 0.338 e. The number of carboxylic acids is 1. The van der Waals surface area contributed by atoms with Crippen LogP contribution in [0, 0.1) is 0 Å². The Morgan fingerprint density at radius 3 is 2.10 bits per heavy atom. The van der Waals surface area contributed by atoms with Gasteiger partial charge in [-0.3, -0.25) is 0 Å². The summed E-state index contributed by atoms with van der Waals surface area (Å²) < 4.78 is 0. The van der Waals surface area contributed by atoms with Crippen LogP contribution in [0.2, 0.25) is 0 Å². The molecule has 104 valence electrons. The van der Waals surface area contributed by atoms with E-state index in [-0.39, 0.29) is 11.0 Å². The van der Waals surface area contributed by atoms with E-state index in [9.17, 15) is 4.79 Å². The standard InChI is InChI=1S/C16H18N2O2/c1-3-16(4-2,13-8-6-5-7-9-13)15-17-10-12(11-18-15)14(19)20/h5-11H,3-4H2,1-2H3,(H,19,20). The second-order valence-electron chi connectivity index (χ2n) is 4.76. The molecule has 0 aliphatic heterocycles. The van der Waals surface area contributed by atoms with Crippen molar-refractivity contribution in [3.05, 3.63) is 59.7 Å². The van der Waals surface area contributed by atoms with Crippen LogP contribution in [0.25, 0.3) is 0 Å². The molecule has 4 nitrogen and oxygen atoms in total. The summed E-state index contributed by atoms with van der Waals surface area (Å²) >= 11 is 0. The number of nitrogens with zero attached hydrogens (tertiary/aromatic N) is 2. The minimum absolute atomic E-state index is 0.114. The zero-order chi connectivity index (χ0) is 14.6. The molecule has 0 bridgehead atoms. The molecule has 0 saturated carbocycles. The van der Waals surface area contributed by atoms with Crippen molar-refractivity contribution in [2.75, 3.05) is 0 Å². The third-order valence-electron chi connectivity index (χ3n) is 3.86. The van der Waals surface area contributed by atoms with Gasteiger partial charge in [0.15, 0.2) is 0 Å². The summed E-state index contributed by atoms with van der Waals surface area (Å²) in [4.78, 5) is 19.5. The Balaban J connectivity index is 2.50. The van der Waals surface area contributed by atoms with Crippen molar-refractivity contribution in [1.29, 1.82) is 0 Å². The molecule has 0 spiro atoms. The minimum atomic E-state index is -1.00. The zero-order valence-electron chi connectivity index (χ0n) is 11.7. The van der Waals surface area contributed by atoms with Gasteiger partial charge < -0.3 is 5.11 Å². The van der Waals surface area contributed by atoms with Gasteiger partial charge >= 0.3 is 5.97 Å². The summed E-state index contributed by atoms with van der Waals surface area (Å²) in [5.41, 5.74) is 1.01. The fourth-order valence-electron chi connectivity index (χ4n) is 2.55. The molecule has 4 heteroatoms. The number of carboxylic acid groups (broad SMARTS) is 1. The van der Waals surface area contributed by atoms with E-state index in [1.807, 2.05) is 18.2 Å². The van der Waals surface area contributed by atoms with Crippen molar-refractivity contribution in [2.45, 2.75) is 32.1 Å². The van der Waals surface area contributed by atoms with Crippen LogP contribution < -0.4 is 0 Å². The van der Waals surface area contributed by atoms with Gasteiger partial charge in [-0.2, -0.15) is 0 Å². The Morgan fingerprint density at radius 2 is 1.65 bits per heavy atom. The lowest BCUT2D eigenvalue weighted by Gasteiger charge is -2.30. The minimum Gasteiger partial charge on any atom is -0.478 e. The van der Waals surface area contributed by atoms with Crippen LogP contribution in [0.3, 0.4) is 0 Å². The maximum absolute atomic E-state index is 10.9. The lowest BCUT2D eigenvalue weighted by Crippen LogP contribution is -2.28. The second kappa shape index (κ2) is 5.82. The number of aromatic carboxylic acids is 1. The number of carbonyl (C=O) groups is 1. The van der Waals surface area contributed by atoms with Gasteiger partial charge in [-0.1, -0.05) is 44.2 Å². The molecule has 2 aromatic rings. The van der Waals surface area contributed by atoms with Crippen LogP contribution in [0.15, 0.2) is 42.7 Å². The fraction of sp³-hybridized carbons (Fsp3) is 0.312. The molecule has 0 unspecified atom stereocenters. The van der Waals surface area contributed by atoms with Gasteiger partial charge in [0.05, 0.1) is 11.0 Å². The van der Waals surface area contributed by atoms with E-state index < -0.39 is 5.97 Å². The first-order valence-electron chi connectivity index (χ1n) is 6.75. The van der Waals surface area contributed by atoms with Crippen molar-refractivity contribution in [3.63, 3.8) is 0 Å². The van der Waals surface area contributed by atoms with Crippen molar-refractivity contribution >= 4 is 5.97 Å². The van der Waals surface area contributed by atoms with Crippen molar-refractivity contribution in [2.24, 2.45) is 0 Å². The Morgan fingerprint density at radius 1 is 1.10 bits per heavy atom. The highest BCUT2D eigenvalue weighted by molar-refractivity contribution is 5.86. The topological polar surface area (TPSA) is 63.1 Å². The van der Waals surface area contributed by atoms with Gasteiger partial charge in [-0.15, -0.1) is 0 Å². The van der Waals surface area contributed by atoms with Crippen LogP contribution in [-0.4, -0.2) is 21.0 Å². The lowest BCUT2D eigenvalue weighted by atomic mass is 9.75. The van der Waals surface area contributed by atoms with Crippen LogP contribution in [0.5, 0.6) is 0 Å². The number of aromatic nitrogens is 2. The Bertz CT molecular complexity index is 575. The molecule has 0 saturated heterocycles. The van der Waals surface area contributed by atoms with E-state index in [1.165, 1.54) is 12.4 Å². The summed E-state index contributed by atoms with van der Waals surface area (Å²) in [6.07, 6.45) is 4.49. The summed E-state index contributed by atoms with van der Waals surface area (Å²) in [7, 11) is 0. The summed E-state index contributed by atoms with van der Waals surface area (Å²) in [5, 5.41) is 8.93. The van der Waals surface area contributed by atoms with Crippen LogP contribution in [-0.2, 0) is 5.41 Å². The summed E-state index contributed by atoms with van der Waals surface area (Å²) in [6.45, 7) is 4.20. The summed E-state index contributed by atoms with van der Waals surface area (Å²) in [6, 6.07) is 10.1. The number of hydrogen-bond donors (Lipinski definition) is 1. The molecule has 1 heterocycles. The van der Waals surface area contributed by atoms with E-state index in [1.54, 1.807) is 0 Å². The predicted molar refractivity (Wildman–Crippen MR) is 76.8 cm³/mol. The monoisotopic (exact) mass is 270 g/mol. The molecular formula is C16H18N2O2. The van der Waals surface area contributed by atoms with Crippen molar-refractivity contribution in [3.8, 4) is 0 Å². The number of hydrogen-bond acceptors (Lipinski definition) is 3. The van der Waals surface area contributed by atoms with Gasteiger partial charge in [-0.05, 0) is 18.4 Å². The molecule has 0 atom stereocenters. The maximum Gasteiger partial charge on any atom is 0.338 e. The quantitative estimate of drug-likeness (QED) is 0.905. The van der Waals surface area contributed by atoms with E-state index in [0.717, 1.165) is 18.4 Å². The van der Waals surface area contributed by atoms with Gasteiger partial charge in [-0.25, -0.2) is 14.8 Å². The molecule has 0 fully saturated rings. The lowest BCUT2D eigenvalue weighted by molar-refractivity contribution is 0.0695. The highest BCUT2D eigenvalue weighted by Crippen LogP contribution is 2.36. The first kappa shape index (κ1) is 14.2. The average molecular weight is 270 g/mol. The van der Waals surface area contributed by atoms with Crippen LogP contribution in [0.1, 0.15) is 48.4 Å². The molecule has 0 amide bonds. The first-order valence-corrected chi connectivity index (χ1v) is 6.75. The van der Waals surface area contributed by atoms with Crippen molar-refractivity contribution in [1.82, 2.24) is 9.97 Å². The molecule has 0 radical (unpaired) electrons. The van der Waals surface area contributed by atoms with E-state index in [0.29, 0.717) is 5.82 Å². The SMILES string of the molecule is CCC(CC)(c1ccccc1)c1ncc(C(=O)O)cn1. The van der Waals surface area contributed by atoms with E-state index in [2.05, 4.69) is 35.9 Å². The van der Waals surface area contributed by atoms with Crippen molar-refractivity contribution < 1.29 is 9.90 Å². The molecular weight excluding hydrogens is 252 g/mol. The van der Waals surface area contributed by atoms with Gasteiger partial charge in [0.2, 0.25) is 0 Å². The summed E-state index contributed by atoms with van der Waals surface area (Å²) in [5.74, 6) is -0.325. The molecule has 1 aromatic heterocycles. The van der Waals surface area contributed by atoms with Gasteiger partial charge in [0.25, 0.3) is 0 Å². The molecule has 1 N–H and O–H groups in total. The number of rotatable bonds is 5. The highest BCUT2D eigenvalue weighted by atomic mass is 16.4. The third-order valence-corrected chi connectivity index (χ3v) is 3.86. The third kappa shape index (κ3) is 2.41.